The maximum Gasteiger partial charge on any atom is 0.155 e. The topological polar surface area (TPSA) is 51.0 Å². The summed E-state index contributed by atoms with van der Waals surface area (Å²) in [5.74, 6) is 0. The van der Waals surface area contributed by atoms with E-state index in [9.17, 15) is 4.91 Å². The van der Waals surface area contributed by atoms with Crippen molar-refractivity contribution in [1.29, 1.82) is 0 Å². The Morgan fingerprint density at radius 3 is 3.25 bits per heavy atom. The molecule has 0 atom stereocenters. The summed E-state index contributed by atoms with van der Waals surface area (Å²) in [6.45, 7) is 3.08. The highest BCUT2D eigenvalue weighted by Gasteiger charge is 2.03. The van der Waals surface area contributed by atoms with E-state index in [4.69, 9.17) is 0 Å². The maximum absolute atomic E-state index is 9.62. The Morgan fingerprint density at radius 1 is 1.83 bits per heavy atom. The number of hydrogen-bond donors (Lipinski definition) is 0. The molecule has 1 aliphatic rings. The average molecular weight is 168 g/mol. The predicted octanol–water partition coefficient (Wildman–Crippen LogP) is 1.87. The molecule has 0 aromatic heterocycles. The fraction of sp³-hybridized carbons (Fsp3) is 0.625. The Hall–Kier alpha value is -1.19. The molecule has 0 unspecified atom stereocenters. The van der Waals surface area contributed by atoms with E-state index in [1.807, 2.05) is 13.0 Å². The first-order valence-electron chi connectivity index (χ1n) is 3.98. The monoisotopic (exact) mass is 168 g/mol. The first-order valence-corrected chi connectivity index (χ1v) is 3.98. The minimum atomic E-state index is 0.266. The molecule has 0 N–H and O–H groups in total. The lowest BCUT2D eigenvalue weighted by atomic mass is 10.2. The molecule has 0 amide bonds. The van der Waals surface area contributed by atoms with Crippen LogP contribution in [0.1, 0.15) is 19.8 Å². The Morgan fingerprint density at radius 2 is 2.67 bits per heavy atom. The Labute approximate surface area is 71.3 Å². The van der Waals surface area contributed by atoms with Gasteiger partial charge < -0.3 is 4.84 Å². The summed E-state index contributed by atoms with van der Waals surface area (Å²) in [5.41, 5.74) is 2.08. The number of allylic oxidation sites excluding steroid dienone is 1. The highest BCUT2D eigenvalue weighted by atomic mass is 16.7. The number of nitrogens with zero attached hydrogens (tertiary/aromatic N) is 2. The lowest BCUT2D eigenvalue weighted by Gasteiger charge is -1.96. The molecule has 0 radical (unpaired) electrons. The predicted molar refractivity (Wildman–Crippen MR) is 47.0 cm³/mol. The van der Waals surface area contributed by atoms with Crippen molar-refractivity contribution in [2.45, 2.75) is 19.8 Å². The summed E-state index contributed by atoms with van der Waals surface area (Å²) in [5, 5.41) is 2.32. The highest BCUT2D eigenvalue weighted by molar-refractivity contribution is 5.96. The third-order valence-corrected chi connectivity index (χ3v) is 1.66. The van der Waals surface area contributed by atoms with Crippen LogP contribution in [0.3, 0.4) is 0 Å². The third kappa shape index (κ3) is 2.82. The molecule has 0 aromatic carbocycles. The van der Waals surface area contributed by atoms with Crippen LogP contribution in [0.2, 0.25) is 0 Å². The van der Waals surface area contributed by atoms with Crippen molar-refractivity contribution >= 4 is 5.71 Å². The van der Waals surface area contributed by atoms with Gasteiger partial charge in [-0.05, 0) is 31.4 Å². The third-order valence-electron chi connectivity index (χ3n) is 1.66. The summed E-state index contributed by atoms with van der Waals surface area (Å²) in [6.07, 6.45) is 4.12. The van der Waals surface area contributed by atoms with Crippen LogP contribution in [-0.2, 0) is 4.84 Å². The maximum atomic E-state index is 9.62. The first kappa shape index (κ1) is 8.90. The van der Waals surface area contributed by atoms with Gasteiger partial charge in [-0.25, -0.2) is 0 Å². The largest absolute Gasteiger partial charge is 0.360 e. The zero-order chi connectivity index (χ0) is 8.81. The lowest BCUT2D eigenvalue weighted by molar-refractivity contribution is 0.163. The molecule has 1 heterocycles. The molecular formula is C8H12N2O2. The Bertz CT molecular complexity index is 221. The van der Waals surface area contributed by atoms with E-state index in [0.29, 0.717) is 0 Å². The Balaban J connectivity index is 2.38. The van der Waals surface area contributed by atoms with Crippen LogP contribution in [0.5, 0.6) is 0 Å². The molecule has 12 heavy (non-hydrogen) atoms. The van der Waals surface area contributed by atoms with Gasteiger partial charge in [-0.3, -0.25) is 4.99 Å². The van der Waals surface area contributed by atoms with Crippen LogP contribution in [0.25, 0.3) is 0 Å². The van der Waals surface area contributed by atoms with Crippen LogP contribution in [0.15, 0.2) is 22.0 Å². The smallest absolute Gasteiger partial charge is 0.155 e. The highest BCUT2D eigenvalue weighted by Crippen LogP contribution is 2.07. The van der Waals surface area contributed by atoms with Gasteiger partial charge in [0.15, 0.2) is 5.34 Å². The normalized spacial score (nSPS) is 17.4. The molecule has 4 nitrogen and oxygen atoms in total. The first-order chi connectivity index (χ1) is 5.83. The van der Waals surface area contributed by atoms with Crippen LogP contribution in [-0.4, -0.2) is 18.9 Å². The summed E-state index contributed by atoms with van der Waals surface area (Å²) >= 11 is 0. The second-order valence-corrected chi connectivity index (χ2v) is 2.82. The molecule has 0 aromatic rings. The summed E-state index contributed by atoms with van der Waals surface area (Å²) in [6, 6.07) is 0. The fourth-order valence-corrected chi connectivity index (χ4v) is 1.13. The van der Waals surface area contributed by atoms with Gasteiger partial charge >= 0.3 is 0 Å². The molecule has 0 aliphatic carbocycles. The fourth-order valence-electron chi connectivity index (χ4n) is 1.13. The lowest BCUT2D eigenvalue weighted by Crippen LogP contribution is -1.94. The minimum Gasteiger partial charge on any atom is -0.360 e. The van der Waals surface area contributed by atoms with Crippen molar-refractivity contribution < 1.29 is 4.84 Å². The summed E-state index contributed by atoms with van der Waals surface area (Å²) in [4.78, 5) is 18.2. The van der Waals surface area contributed by atoms with Gasteiger partial charge in [0.25, 0.3) is 0 Å². The van der Waals surface area contributed by atoms with Gasteiger partial charge in [-0.1, -0.05) is 0 Å². The van der Waals surface area contributed by atoms with Gasteiger partial charge in [-0.2, -0.15) is 0 Å². The van der Waals surface area contributed by atoms with E-state index in [0.717, 1.165) is 30.7 Å². The molecule has 0 fully saturated rings. The molecule has 1 rings (SSSR count). The zero-order valence-electron chi connectivity index (χ0n) is 7.12. The van der Waals surface area contributed by atoms with Crippen molar-refractivity contribution in [2.24, 2.45) is 10.3 Å². The van der Waals surface area contributed by atoms with Crippen LogP contribution in [0.4, 0.5) is 0 Å². The van der Waals surface area contributed by atoms with Gasteiger partial charge in [0.1, 0.15) is 6.61 Å². The van der Waals surface area contributed by atoms with Crippen molar-refractivity contribution in [3.05, 3.63) is 16.6 Å². The van der Waals surface area contributed by atoms with E-state index < -0.39 is 0 Å². The molecule has 0 saturated heterocycles. The SMILES string of the molecule is CC(=CC1=NCCC1)CON=O. The van der Waals surface area contributed by atoms with E-state index >= 15 is 0 Å². The summed E-state index contributed by atoms with van der Waals surface area (Å²) in [7, 11) is 0. The van der Waals surface area contributed by atoms with Crippen molar-refractivity contribution in [3.63, 3.8) is 0 Å². The van der Waals surface area contributed by atoms with Crippen LogP contribution < -0.4 is 0 Å². The van der Waals surface area contributed by atoms with Crippen molar-refractivity contribution in [1.82, 2.24) is 0 Å². The molecule has 0 spiro atoms. The second kappa shape index (κ2) is 4.64. The quantitative estimate of drug-likeness (QED) is 0.475. The average Bonchev–Trinajstić information content (AvgIpc) is 2.53. The van der Waals surface area contributed by atoms with Gasteiger partial charge in [0, 0.05) is 12.3 Å². The van der Waals surface area contributed by atoms with Crippen LogP contribution >= 0.6 is 0 Å². The molecule has 1 aliphatic heterocycles. The number of hydrogen-bond acceptors (Lipinski definition) is 4. The van der Waals surface area contributed by atoms with Crippen molar-refractivity contribution in [2.75, 3.05) is 13.2 Å². The van der Waals surface area contributed by atoms with E-state index in [-0.39, 0.29) is 6.61 Å². The van der Waals surface area contributed by atoms with Gasteiger partial charge in [0.05, 0.1) is 0 Å². The van der Waals surface area contributed by atoms with E-state index in [2.05, 4.69) is 15.2 Å². The summed E-state index contributed by atoms with van der Waals surface area (Å²) < 4.78 is 0. The van der Waals surface area contributed by atoms with E-state index in [1.54, 1.807) is 0 Å². The van der Waals surface area contributed by atoms with Crippen LogP contribution in [0, 0.1) is 4.91 Å². The Kier molecular flexibility index (Phi) is 3.44. The second-order valence-electron chi connectivity index (χ2n) is 2.82. The zero-order valence-corrected chi connectivity index (χ0v) is 7.12. The van der Waals surface area contributed by atoms with Crippen molar-refractivity contribution in [3.8, 4) is 0 Å². The van der Waals surface area contributed by atoms with Gasteiger partial charge in [0.2, 0.25) is 0 Å². The number of aliphatic imine (C=N–C) groups is 1. The van der Waals surface area contributed by atoms with E-state index in [1.165, 1.54) is 0 Å². The van der Waals surface area contributed by atoms with Gasteiger partial charge in [-0.15, -0.1) is 4.91 Å². The number of rotatable bonds is 4. The molecule has 0 bridgehead atoms. The standard InChI is InChI=1S/C8H12N2O2/c1-7(6-12-10-11)5-8-3-2-4-9-8/h5H,2-4,6H2,1H3. The minimum absolute atomic E-state index is 0.266. The molecule has 4 heteroatoms. The molecular weight excluding hydrogens is 156 g/mol. The molecule has 0 saturated carbocycles. The molecule has 66 valence electrons.